The second-order valence-corrected chi connectivity index (χ2v) is 5.05. The van der Waals surface area contributed by atoms with Gasteiger partial charge < -0.3 is 5.32 Å². The predicted octanol–water partition coefficient (Wildman–Crippen LogP) is 3.23. The number of aromatic nitrogens is 1. The topological polar surface area (TPSA) is 42.0 Å². The fraction of sp³-hybridized carbons (Fsp3) is 0.600. The lowest BCUT2D eigenvalue weighted by molar-refractivity contribution is -0.122. The van der Waals surface area contributed by atoms with E-state index in [1.54, 1.807) is 0 Å². The molecule has 3 nitrogen and oxygen atoms in total. The minimum Gasteiger partial charge on any atom is -0.347 e. The number of hydrogen-bond donors (Lipinski definition) is 1. The van der Waals surface area contributed by atoms with Crippen molar-refractivity contribution in [1.82, 2.24) is 10.3 Å². The van der Waals surface area contributed by atoms with Crippen molar-refractivity contribution in [3.8, 4) is 0 Å². The van der Waals surface area contributed by atoms with Crippen LogP contribution in [-0.2, 0) is 4.79 Å². The van der Waals surface area contributed by atoms with Crippen molar-refractivity contribution in [2.24, 2.45) is 5.92 Å². The van der Waals surface area contributed by atoms with Gasteiger partial charge in [0.15, 0.2) is 0 Å². The highest BCUT2D eigenvalue weighted by Gasteiger charge is 2.26. The highest BCUT2D eigenvalue weighted by atomic mass is 16.1. The molecule has 1 aliphatic carbocycles. The molecular weight excluding hydrogens is 224 g/mol. The first kappa shape index (κ1) is 13.1. The fourth-order valence-corrected chi connectivity index (χ4v) is 2.74. The van der Waals surface area contributed by atoms with Crippen molar-refractivity contribution in [2.45, 2.75) is 51.5 Å². The lowest BCUT2D eigenvalue weighted by Gasteiger charge is -2.30. The number of carbonyl (C=O) groups excluding carboxylic acids is 1. The van der Waals surface area contributed by atoms with Gasteiger partial charge in [0.2, 0.25) is 5.91 Å². The van der Waals surface area contributed by atoms with Crippen molar-refractivity contribution in [3.63, 3.8) is 0 Å². The van der Waals surface area contributed by atoms with Gasteiger partial charge in [-0.2, -0.15) is 0 Å². The van der Waals surface area contributed by atoms with Crippen LogP contribution in [0.3, 0.4) is 0 Å². The third-order valence-electron chi connectivity index (χ3n) is 3.77. The Labute approximate surface area is 109 Å². The van der Waals surface area contributed by atoms with Crippen molar-refractivity contribution in [1.29, 1.82) is 0 Å². The molecule has 1 atom stereocenters. The molecule has 18 heavy (non-hydrogen) atoms. The summed E-state index contributed by atoms with van der Waals surface area (Å²) < 4.78 is 0. The Bertz CT molecular complexity index is 371. The summed E-state index contributed by atoms with van der Waals surface area (Å²) in [5.74, 6) is 0.667. The maximum absolute atomic E-state index is 11.7. The maximum Gasteiger partial charge on any atom is 0.220 e. The molecule has 2 rings (SSSR count). The van der Waals surface area contributed by atoms with Crippen LogP contribution in [0, 0.1) is 5.92 Å². The van der Waals surface area contributed by atoms with Gasteiger partial charge in [-0.15, -0.1) is 0 Å². The summed E-state index contributed by atoms with van der Waals surface area (Å²) in [4.78, 5) is 16.1. The average Bonchev–Trinajstić information content (AvgIpc) is 2.46. The summed E-state index contributed by atoms with van der Waals surface area (Å²) in [6.45, 7) is 1.89. The summed E-state index contributed by atoms with van der Waals surface area (Å²) in [6, 6.07) is 6.04. The molecule has 1 N–H and O–H groups in total. The Balaban J connectivity index is 2.14. The number of carbonyl (C=O) groups is 1. The van der Waals surface area contributed by atoms with Gasteiger partial charge in [-0.05, 0) is 30.9 Å². The molecule has 1 saturated carbocycles. The van der Waals surface area contributed by atoms with Crippen LogP contribution in [-0.4, -0.2) is 10.9 Å². The Morgan fingerprint density at radius 2 is 2.17 bits per heavy atom. The minimum atomic E-state index is 0.0962. The first-order chi connectivity index (χ1) is 8.81. The Morgan fingerprint density at radius 3 is 2.78 bits per heavy atom. The van der Waals surface area contributed by atoms with Crippen LogP contribution >= 0.6 is 0 Å². The first-order valence-electron chi connectivity index (χ1n) is 7.01. The molecule has 1 fully saturated rings. The lowest BCUT2D eigenvalue weighted by Crippen LogP contribution is -2.34. The van der Waals surface area contributed by atoms with E-state index in [1.807, 2.05) is 31.3 Å². The third-order valence-corrected chi connectivity index (χ3v) is 3.77. The highest BCUT2D eigenvalue weighted by Crippen LogP contribution is 2.33. The summed E-state index contributed by atoms with van der Waals surface area (Å²) in [5, 5.41) is 3.15. The first-order valence-corrected chi connectivity index (χ1v) is 7.01. The molecule has 1 amide bonds. The average molecular weight is 246 g/mol. The van der Waals surface area contributed by atoms with Crippen molar-refractivity contribution in [3.05, 3.63) is 30.1 Å². The van der Waals surface area contributed by atoms with Gasteiger partial charge in [0.05, 0.1) is 11.7 Å². The lowest BCUT2D eigenvalue weighted by atomic mass is 9.82. The van der Waals surface area contributed by atoms with Crippen LogP contribution in [0.25, 0.3) is 0 Å². The second-order valence-electron chi connectivity index (χ2n) is 5.05. The standard InChI is InChI=1S/C15H22N2O/c1-2-14(18)17-15(12-8-4-3-5-9-12)13-10-6-7-11-16-13/h6-7,10-12,15H,2-5,8-9H2,1H3,(H,17,18). The molecule has 1 aromatic rings. The minimum absolute atomic E-state index is 0.0962. The molecule has 1 aromatic heterocycles. The van der Waals surface area contributed by atoms with Gasteiger partial charge in [-0.3, -0.25) is 9.78 Å². The van der Waals surface area contributed by atoms with E-state index < -0.39 is 0 Å². The number of nitrogens with one attached hydrogen (secondary N) is 1. The van der Waals surface area contributed by atoms with Gasteiger partial charge in [0.1, 0.15) is 0 Å². The van der Waals surface area contributed by atoms with Crippen LogP contribution in [0.1, 0.15) is 57.2 Å². The van der Waals surface area contributed by atoms with Gasteiger partial charge in [0.25, 0.3) is 0 Å². The molecule has 0 saturated heterocycles. The zero-order valence-electron chi connectivity index (χ0n) is 11.1. The van der Waals surface area contributed by atoms with E-state index in [4.69, 9.17) is 0 Å². The van der Waals surface area contributed by atoms with Crippen molar-refractivity contribution in [2.75, 3.05) is 0 Å². The van der Waals surface area contributed by atoms with Gasteiger partial charge in [-0.1, -0.05) is 32.3 Å². The molecule has 1 aliphatic rings. The molecule has 98 valence electrons. The zero-order valence-corrected chi connectivity index (χ0v) is 11.1. The summed E-state index contributed by atoms with van der Waals surface area (Å²) >= 11 is 0. The van der Waals surface area contributed by atoms with E-state index in [-0.39, 0.29) is 11.9 Å². The number of pyridine rings is 1. The molecule has 0 radical (unpaired) electrons. The normalized spacial score (nSPS) is 18.3. The summed E-state index contributed by atoms with van der Waals surface area (Å²) in [7, 11) is 0. The number of nitrogens with zero attached hydrogens (tertiary/aromatic N) is 1. The summed E-state index contributed by atoms with van der Waals surface area (Å²) in [6.07, 6.45) is 8.62. The van der Waals surface area contributed by atoms with Crippen molar-refractivity contribution >= 4 is 5.91 Å². The van der Waals surface area contributed by atoms with Crippen LogP contribution in [0.4, 0.5) is 0 Å². The maximum atomic E-state index is 11.7. The molecule has 1 heterocycles. The molecule has 0 spiro atoms. The van der Waals surface area contributed by atoms with Crippen LogP contribution in [0.2, 0.25) is 0 Å². The number of rotatable bonds is 4. The smallest absolute Gasteiger partial charge is 0.220 e. The number of hydrogen-bond acceptors (Lipinski definition) is 2. The monoisotopic (exact) mass is 246 g/mol. The molecule has 0 aliphatic heterocycles. The van der Waals surface area contributed by atoms with Gasteiger partial charge >= 0.3 is 0 Å². The van der Waals surface area contributed by atoms with Crippen LogP contribution in [0.15, 0.2) is 24.4 Å². The van der Waals surface area contributed by atoms with Gasteiger partial charge in [-0.25, -0.2) is 0 Å². The molecule has 0 bridgehead atoms. The quantitative estimate of drug-likeness (QED) is 0.886. The predicted molar refractivity (Wildman–Crippen MR) is 72.0 cm³/mol. The van der Waals surface area contributed by atoms with Crippen LogP contribution < -0.4 is 5.32 Å². The molecule has 3 heteroatoms. The molecule has 1 unspecified atom stereocenters. The van der Waals surface area contributed by atoms with E-state index in [0.29, 0.717) is 12.3 Å². The van der Waals surface area contributed by atoms with Crippen LogP contribution in [0.5, 0.6) is 0 Å². The van der Waals surface area contributed by atoms with E-state index in [9.17, 15) is 4.79 Å². The molecule has 0 aromatic carbocycles. The number of amides is 1. The largest absolute Gasteiger partial charge is 0.347 e. The Kier molecular flexibility index (Phi) is 4.73. The highest BCUT2D eigenvalue weighted by molar-refractivity contribution is 5.76. The Hall–Kier alpha value is -1.38. The molecular formula is C15H22N2O. The van der Waals surface area contributed by atoms with Gasteiger partial charge in [0, 0.05) is 12.6 Å². The van der Waals surface area contributed by atoms with E-state index >= 15 is 0 Å². The van der Waals surface area contributed by atoms with E-state index in [0.717, 1.165) is 5.69 Å². The van der Waals surface area contributed by atoms with Crippen molar-refractivity contribution < 1.29 is 4.79 Å². The third kappa shape index (κ3) is 3.31. The van der Waals surface area contributed by atoms with E-state index in [2.05, 4.69) is 10.3 Å². The zero-order chi connectivity index (χ0) is 12.8. The SMILES string of the molecule is CCC(=O)NC(c1ccccn1)C1CCCCC1. The second kappa shape index (κ2) is 6.53. The Morgan fingerprint density at radius 1 is 1.39 bits per heavy atom. The van der Waals surface area contributed by atoms with E-state index in [1.165, 1.54) is 32.1 Å². The summed E-state index contributed by atoms with van der Waals surface area (Å²) in [5.41, 5.74) is 1.01. The fourth-order valence-electron chi connectivity index (χ4n) is 2.74.